The topological polar surface area (TPSA) is 78.1 Å². The Morgan fingerprint density at radius 2 is 2.16 bits per heavy atom. The lowest BCUT2D eigenvalue weighted by Gasteiger charge is -2.07. The minimum atomic E-state index is -0.518. The summed E-state index contributed by atoms with van der Waals surface area (Å²) in [6.07, 6.45) is 3.02. The van der Waals surface area contributed by atoms with Crippen LogP contribution in [0.4, 0.5) is 5.69 Å². The van der Waals surface area contributed by atoms with Crippen molar-refractivity contribution in [3.63, 3.8) is 0 Å². The molecule has 0 radical (unpaired) electrons. The number of aromatic nitrogens is 2. The third-order valence-electron chi connectivity index (χ3n) is 2.32. The lowest BCUT2D eigenvalue weighted by Crippen LogP contribution is -2.09. The molecule has 0 saturated carbocycles. The maximum atomic E-state index is 11.9. The Labute approximate surface area is 122 Å². The number of nitrogens with two attached hydrogens (primary N) is 1. The molecule has 0 aliphatic rings. The molecule has 0 aliphatic heterocycles. The van der Waals surface area contributed by atoms with Crippen LogP contribution in [0, 0.1) is 0 Å². The molecule has 0 fully saturated rings. The molecule has 2 N–H and O–H groups in total. The van der Waals surface area contributed by atoms with Crippen molar-refractivity contribution in [3.05, 3.63) is 51.5 Å². The van der Waals surface area contributed by atoms with E-state index in [1.165, 1.54) is 12.3 Å². The second-order valence-corrected chi connectivity index (χ2v) is 4.77. The van der Waals surface area contributed by atoms with Crippen molar-refractivity contribution in [3.8, 4) is 0 Å². The van der Waals surface area contributed by atoms with Gasteiger partial charge in [0.05, 0.1) is 11.3 Å². The molecule has 2 aromatic heterocycles. The zero-order chi connectivity index (χ0) is 13.8. The molecule has 2 heterocycles. The number of esters is 1. The van der Waals surface area contributed by atoms with Crippen LogP contribution in [-0.4, -0.2) is 15.9 Å². The second kappa shape index (κ2) is 5.99. The molecular weight excluding hydrogens is 334 g/mol. The highest BCUT2D eigenvalue weighted by molar-refractivity contribution is 9.10. The first-order valence-electron chi connectivity index (χ1n) is 5.25. The first-order valence-corrected chi connectivity index (χ1v) is 6.42. The molecule has 98 valence electrons. The highest BCUT2D eigenvalue weighted by Gasteiger charge is 2.13. The zero-order valence-electron chi connectivity index (χ0n) is 9.64. The van der Waals surface area contributed by atoms with Crippen LogP contribution in [0.15, 0.2) is 35.2 Å². The lowest BCUT2D eigenvalue weighted by atomic mass is 10.2. The second-order valence-electron chi connectivity index (χ2n) is 3.63. The van der Waals surface area contributed by atoms with E-state index >= 15 is 0 Å². The van der Waals surface area contributed by atoms with E-state index in [-0.39, 0.29) is 17.9 Å². The summed E-state index contributed by atoms with van der Waals surface area (Å²) < 4.78 is 5.55. The molecule has 0 atom stereocenters. The van der Waals surface area contributed by atoms with Gasteiger partial charge in [-0.05, 0) is 28.1 Å². The molecule has 0 unspecified atom stereocenters. The minimum Gasteiger partial charge on any atom is -0.457 e. The molecule has 5 nitrogen and oxygen atoms in total. The minimum absolute atomic E-state index is 0.0996. The van der Waals surface area contributed by atoms with Gasteiger partial charge in [-0.2, -0.15) is 0 Å². The molecule has 0 aromatic carbocycles. The number of pyridine rings is 2. The van der Waals surface area contributed by atoms with E-state index in [1.54, 1.807) is 18.3 Å². The number of ether oxygens (including phenoxy) is 1. The quantitative estimate of drug-likeness (QED) is 0.685. The average molecular weight is 343 g/mol. The number of nitrogen functional groups attached to an aromatic ring is 1. The summed E-state index contributed by atoms with van der Waals surface area (Å²) in [4.78, 5) is 19.7. The first-order chi connectivity index (χ1) is 9.08. The predicted octanol–water partition coefficient (Wildman–Crippen LogP) is 2.83. The molecule has 0 saturated heterocycles. The molecule has 0 amide bonds. The summed E-state index contributed by atoms with van der Waals surface area (Å²) in [6.45, 7) is 0.0996. The number of nitrogens with zero attached hydrogens (tertiary/aromatic N) is 2. The summed E-state index contributed by atoms with van der Waals surface area (Å²) in [7, 11) is 0. The Hall–Kier alpha value is -1.66. The number of anilines is 1. The molecule has 2 aromatic rings. The van der Waals surface area contributed by atoms with E-state index < -0.39 is 5.97 Å². The molecule has 19 heavy (non-hydrogen) atoms. The normalized spacial score (nSPS) is 10.2. The predicted molar refractivity (Wildman–Crippen MR) is 74.7 cm³/mol. The van der Waals surface area contributed by atoms with Crippen LogP contribution in [0.3, 0.4) is 0 Å². The van der Waals surface area contributed by atoms with Gasteiger partial charge in [0.2, 0.25) is 0 Å². The number of rotatable bonds is 3. The van der Waals surface area contributed by atoms with Crippen LogP contribution < -0.4 is 5.73 Å². The van der Waals surface area contributed by atoms with Gasteiger partial charge in [0.1, 0.15) is 16.4 Å². The standard InChI is InChI=1S/C12H9BrClN3O2/c13-11-10(15)8(3-4-16-11)12(18)19-6-7-1-2-9(14)17-5-7/h1-5H,6,15H2. The van der Waals surface area contributed by atoms with E-state index in [1.807, 2.05) is 0 Å². The highest BCUT2D eigenvalue weighted by Crippen LogP contribution is 2.21. The fourth-order valence-electron chi connectivity index (χ4n) is 1.34. The molecular formula is C12H9BrClN3O2. The van der Waals surface area contributed by atoms with E-state index in [0.717, 1.165) is 5.56 Å². The maximum absolute atomic E-state index is 11.9. The van der Waals surface area contributed by atoms with Crippen LogP contribution in [0.5, 0.6) is 0 Å². The third kappa shape index (κ3) is 3.42. The maximum Gasteiger partial charge on any atom is 0.340 e. The zero-order valence-corrected chi connectivity index (χ0v) is 12.0. The van der Waals surface area contributed by atoms with Crippen molar-refractivity contribution in [1.29, 1.82) is 0 Å². The summed E-state index contributed by atoms with van der Waals surface area (Å²) in [6, 6.07) is 4.86. The number of hydrogen-bond donors (Lipinski definition) is 1. The van der Waals surface area contributed by atoms with Gasteiger partial charge in [-0.25, -0.2) is 14.8 Å². The van der Waals surface area contributed by atoms with Crippen molar-refractivity contribution in [2.24, 2.45) is 0 Å². The van der Waals surface area contributed by atoms with Gasteiger partial charge in [0.15, 0.2) is 0 Å². The molecule has 7 heteroatoms. The van der Waals surface area contributed by atoms with Crippen molar-refractivity contribution >= 4 is 39.2 Å². The van der Waals surface area contributed by atoms with Crippen LogP contribution in [-0.2, 0) is 11.3 Å². The third-order valence-corrected chi connectivity index (χ3v) is 3.18. The Morgan fingerprint density at radius 1 is 1.37 bits per heavy atom. The SMILES string of the molecule is Nc1c(C(=O)OCc2ccc(Cl)nc2)ccnc1Br. The summed E-state index contributed by atoms with van der Waals surface area (Å²) in [5.41, 5.74) is 6.99. The Morgan fingerprint density at radius 3 is 2.84 bits per heavy atom. The summed E-state index contributed by atoms with van der Waals surface area (Å²) in [5.74, 6) is -0.518. The smallest absolute Gasteiger partial charge is 0.340 e. The van der Waals surface area contributed by atoms with Crippen molar-refractivity contribution in [1.82, 2.24) is 9.97 Å². The molecule has 0 aliphatic carbocycles. The number of carbonyl (C=O) groups excluding carboxylic acids is 1. The van der Waals surface area contributed by atoms with E-state index in [2.05, 4.69) is 25.9 Å². The molecule has 0 spiro atoms. The van der Waals surface area contributed by atoms with E-state index in [9.17, 15) is 4.79 Å². The van der Waals surface area contributed by atoms with Crippen LogP contribution in [0.2, 0.25) is 5.15 Å². The summed E-state index contributed by atoms with van der Waals surface area (Å²) >= 11 is 8.81. The number of hydrogen-bond acceptors (Lipinski definition) is 5. The Balaban J connectivity index is 2.05. The highest BCUT2D eigenvalue weighted by atomic mass is 79.9. The fraction of sp³-hybridized carbons (Fsp3) is 0.0833. The van der Waals surface area contributed by atoms with Gasteiger partial charge >= 0.3 is 5.97 Å². The number of carbonyl (C=O) groups is 1. The van der Waals surface area contributed by atoms with Gasteiger partial charge < -0.3 is 10.5 Å². The van der Waals surface area contributed by atoms with Crippen molar-refractivity contribution in [2.45, 2.75) is 6.61 Å². The van der Waals surface area contributed by atoms with Gasteiger partial charge in [-0.1, -0.05) is 17.7 Å². The van der Waals surface area contributed by atoms with Crippen molar-refractivity contribution in [2.75, 3.05) is 5.73 Å². The van der Waals surface area contributed by atoms with Gasteiger partial charge in [0.25, 0.3) is 0 Å². The van der Waals surface area contributed by atoms with Gasteiger partial charge in [-0.15, -0.1) is 0 Å². The lowest BCUT2D eigenvalue weighted by molar-refractivity contribution is 0.0473. The van der Waals surface area contributed by atoms with Gasteiger partial charge in [0, 0.05) is 18.0 Å². The molecule has 2 rings (SSSR count). The average Bonchev–Trinajstić information content (AvgIpc) is 2.41. The van der Waals surface area contributed by atoms with Crippen LogP contribution in [0.1, 0.15) is 15.9 Å². The monoisotopic (exact) mass is 341 g/mol. The van der Waals surface area contributed by atoms with Gasteiger partial charge in [-0.3, -0.25) is 0 Å². The Bertz CT molecular complexity index is 604. The van der Waals surface area contributed by atoms with Crippen LogP contribution in [0.25, 0.3) is 0 Å². The van der Waals surface area contributed by atoms with E-state index in [4.69, 9.17) is 22.1 Å². The first kappa shape index (κ1) is 13.8. The van der Waals surface area contributed by atoms with E-state index in [0.29, 0.717) is 9.76 Å². The number of halogens is 2. The molecule has 0 bridgehead atoms. The van der Waals surface area contributed by atoms with Crippen molar-refractivity contribution < 1.29 is 9.53 Å². The largest absolute Gasteiger partial charge is 0.457 e. The summed E-state index contributed by atoms with van der Waals surface area (Å²) in [5, 5.41) is 0.386. The fourth-order valence-corrected chi connectivity index (χ4v) is 1.79. The van der Waals surface area contributed by atoms with Crippen LogP contribution >= 0.6 is 27.5 Å². The Kier molecular flexibility index (Phi) is 4.34.